The lowest BCUT2D eigenvalue weighted by Crippen LogP contribution is -2.03. The first-order chi connectivity index (χ1) is 8.41. The number of nitrogens with zero attached hydrogens (tertiary/aromatic N) is 2. The molecule has 96 valence electrons. The second kappa shape index (κ2) is 4.53. The Labute approximate surface area is 106 Å². The van der Waals surface area contributed by atoms with Crippen LogP contribution in [0, 0.1) is 26.6 Å². The van der Waals surface area contributed by atoms with Crippen molar-refractivity contribution in [3.05, 3.63) is 46.5 Å². The molecule has 4 heteroatoms. The minimum atomic E-state index is -0.671. The van der Waals surface area contributed by atoms with E-state index in [9.17, 15) is 9.50 Å². The molecule has 0 unspecified atom stereocenters. The zero-order chi connectivity index (χ0) is 13.4. The maximum Gasteiger partial charge on any atom is 0.149 e. The molecular weight excluding hydrogens is 231 g/mol. The summed E-state index contributed by atoms with van der Waals surface area (Å²) in [5, 5.41) is 13.8. The number of aryl methyl sites for hydroxylation is 1. The molecule has 0 saturated carbocycles. The number of rotatable bonds is 2. The summed E-state index contributed by atoms with van der Waals surface area (Å²) in [5.41, 5.74) is 3.86. The van der Waals surface area contributed by atoms with Crippen molar-refractivity contribution in [2.45, 2.75) is 33.8 Å². The van der Waals surface area contributed by atoms with E-state index >= 15 is 0 Å². The van der Waals surface area contributed by atoms with Crippen LogP contribution in [0.1, 0.15) is 35.5 Å². The summed E-state index contributed by atoms with van der Waals surface area (Å²) in [7, 11) is 0. The summed E-state index contributed by atoms with van der Waals surface area (Å²) in [6.45, 7) is 7.40. The molecule has 0 spiro atoms. The van der Waals surface area contributed by atoms with Crippen LogP contribution in [0.15, 0.2) is 18.2 Å². The zero-order valence-electron chi connectivity index (χ0n) is 11.0. The van der Waals surface area contributed by atoms with Crippen molar-refractivity contribution in [1.29, 1.82) is 0 Å². The van der Waals surface area contributed by atoms with Crippen LogP contribution in [-0.2, 0) is 0 Å². The fourth-order valence-electron chi connectivity index (χ4n) is 1.91. The number of hydrogen-bond acceptors (Lipinski definition) is 2. The monoisotopic (exact) mass is 248 g/mol. The van der Waals surface area contributed by atoms with E-state index in [4.69, 9.17) is 0 Å². The molecule has 1 aromatic carbocycles. The Morgan fingerprint density at radius 1 is 1.28 bits per heavy atom. The van der Waals surface area contributed by atoms with Crippen molar-refractivity contribution in [3.63, 3.8) is 0 Å². The van der Waals surface area contributed by atoms with Crippen LogP contribution in [-0.4, -0.2) is 14.9 Å². The predicted octanol–water partition coefficient (Wildman–Crippen LogP) is 2.99. The Morgan fingerprint density at radius 2 is 1.94 bits per heavy atom. The third-order valence-corrected chi connectivity index (χ3v) is 3.34. The molecular formula is C14H17FN2O. The van der Waals surface area contributed by atoms with Gasteiger partial charge in [-0.3, -0.25) is 0 Å². The lowest BCUT2D eigenvalue weighted by molar-refractivity contribution is 0.199. The maximum absolute atomic E-state index is 14.0. The van der Waals surface area contributed by atoms with Gasteiger partial charge in [-0.25, -0.2) is 9.07 Å². The highest BCUT2D eigenvalue weighted by Gasteiger charge is 2.13. The summed E-state index contributed by atoms with van der Waals surface area (Å²) >= 11 is 0. The van der Waals surface area contributed by atoms with Crippen molar-refractivity contribution in [2.75, 3.05) is 0 Å². The van der Waals surface area contributed by atoms with Crippen molar-refractivity contribution < 1.29 is 9.50 Å². The Bertz CT molecular complexity index is 588. The van der Waals surface area contributed by atoms with E-state index in [0.717, 1.165) is 17.0 Å². The van der Waals surface area contributed by atoms with Gasteiger partial charge in [-0.1, -0.05) is 6.07 Å². The third kappa shape index (κ3) is 2.04. The smallest absolute Gasteiger partial charge is 0.149 e. The van der Waals surface area contributed by atoms with Gasteiger partial charge in [0.25, 0.3) is 0 Å². The molecule has 2 rings (SSSR count). The first-order valence-corrected chi connectivity index (χ1v) is 5.92. The number of halogens is 1. The van der Waals surface area contributed by atoms with Crippen LogP contribution in [0.3, 0.4) is 0 Å². The van der Waals surface area contributed by atoms with E-state index in [1.165, 1.54) is 6.07 Å². The van der Waals surface area contributed by atoms with Crippen LogP contribution in [0.2, 0.25) is 0 Å². The first-order valence-electron chi connectivity index (χ1n) is 5.92. The van der Waals surface area contributed by atoms with E-state index in [1.807, 2.05) is 20.8 Å². The van der Waals surface area contributed by atoms with Crippen LogP contribution >= 0.6 is 0 Å². The van der Waals surface area contributed by atoms with E-state index in [2.05, 4.69) is 5.10 Å². The van der Waals surface area contributed by atoms with Gasteiger partial charge in [-0.2, -0.15) is 5.10 Å². The molecule has 1 heterocycles. The minimum absolute atomic E-state index is 0.376. The number of hydrogen-bond donors (Lipinski definition) is 1. The van der Waals surface area contributed by atoms with Gasteiger partial charge in [-0.05, 0) is 51.0 Å². The van der Waals surface area contributed by atoms with Gasteiger partial charge in [0.2, 0.25) is 0 Å². The summed E-state index contributed by atoms with van der Waals surface area (Å²) in [6.07, 6.45) is -0.671. The Morgan fingerprint density at radius 3 is 2.39 bits per heavy atom. The molecule has 0 aliphatic carbocycles. The van der Waals surface area contributed by atoms with Crippen molar-refractivity contribution >= 4 is 0 Å². The van der Waals surface area contributed by atoms with Gasteiger partial charge < -0.3 is 5.11 Å². The van der Waals surface area contributed by atoms with Gasteiger partial charge in [-0.15, -0.1) is 0 Å². The molecule has 18 heavy (non-hydrogen) atoms. The standard InChI is InChI=1S/C14H17FN2O/c1-8-9(2)16-17(10(8)3)14-6-5-12(11(4)18)7-13(14)15/h5-7,11,18H,1-4H3/t11-/m1/s1. The normalized spacial score (nSPS) is 12.8. The van der Waals surface area contributed by atoms with Gasteiger partial charge in [0, 0.05) is 5.69 Å². The van der Waals surface area contributed by atoms with Gasteiger partial charge in [0.1, 0.15) is 11.5 Å². The predicted molar refractivity (Wildman–Crippen MR) is 68.4 cm³/mol. The van der Waals surface area contributed by atoms with Gasteiger partial charge >= 0.3 is 0 Å². The molecule has 1 N–H and O–H groups in total. The van der Waals surface area contributed by atoms with Crippen molar-refractivity contribution in [1.82, 2.24) is 9.78 Å². The maximum atomic E-state index is 14.0. The fourth-order valence-corrected chi connectivity index (χ4v) is 1.91. The number of aliphatic hydroxyl groups excluding tert-OH is 1. The average Bonchev–Trinajstić information content (AvgIpc) is 2.57. The SMILES string of the molecule is Cc1nn(-c2ccc([C@@H](C)O)cc2F)c(C)c1C. The molecule has 2 aromatic rings. The molecule has 0 aliphatic heterocycles. The molecule has 0 fully saturated rings. The third-order valence-electron chi connectivity index (χ3n) is 3.34. The van der Waals surface area contributed by atoms with Crippen LogP contribution in [0.5, 0.6) is 0 Å². The molecule has 0 amide bonds. The Balaban J connectivity index is 2.54. The molecule has 0 aliphatic rings. The first kappa shape index (κ1) is 12.8. The molecule has 3 nitrogen and oxygen atoms in total. The van der Waals surface area contributed by atoms with E-state index in [1.54, 1.807) is 23.7 Å². The summed E-state index contributed by atoms with van der Waals surface area (Å²) in [4.78, 5) is 0. The van der Waals surface area contributed by atoms with Gasteiger partial charge in [0.15, 0.2) is 0 Å². The lowest BCUT2D eigenvalue weighted by Gasteiger charge is -2.09. The Hall–Kier alpha value is -1.68. The van der Waals surface area contributed by atoms with E-state index in [-0.39, 0.29) is 5.82 Å². The minimum Gasteiger partial charge on any atom is -0.389 e. The molecule has 0 saturated heterocycles. The molecule has 1 atom stereocenters. The number of benzene rings is 1. The van der Waals surface area contributed by atoms with Crippen LogP contribution in [0.25, 0.3) is 5.69 Å². The summed E-state index contributed by atoms with van der Waals surface area (Å²) in [6, 6.07) is 4.72. The highest BCUT2D eigenvalue weighted by Crippen LogP contribution is 2.22. The zero-order valence-corrected chi connectivity index (χ0v) is 11.0. The molecule has 0 bridgehead atoms. The summed E-state index contributed by atoms with van der Waals surface area (Å²) in [5.74, 6) is -0.376. The molecule has 1 aromatic heterocycles. The molecule has 0 radical (unpaired) electrons. The summed E-state index contributed by atoms with van der Waals surface area (Å²) < 4.78 is 15.6. The van der Waals surface area contributed by atoms with Crippen molar-refractivity contribution in [3.8, 4) is 5.69 Å². The van der Waals surface area contributed by atoms with Crippen LogP contribution < -0.4 is 0 Å². The lowest BCUT2D eigenvalue weighted by atomic mass is 10.1. The number of aromatic nitrogens is 2. The quantitative estimate of drug-likeness (QED) is 0.887. The Kier molecular flexibility index (Phi) is 3.22. The second-order valence-corrected chi connectivity index (χ2v) is 4.59. The number of aliphatic hydroxyl groups is 1. The topological polar surface area (TPSA) is 38.0 Å². The second-order valence-electron chi connectivity index (χ2n) is 4.59. The van der Waals surface area contributed by atoms with Crippen molar-refractivity contribution in [2.24, 2.45) is 0 Å². The van der Waals surface area contributed by atoms with Gasteiger partial charge in [0.05, 0.1) is 11.8 Å². The average molecular weight is 248 g/mol. The fraction of sp³-hybridized carbons (Fsp3) is 0.357. The highest BCUT2D eigenvalue weighted by atomic mass is 19.1. The van der Waals surface area contributed by atoms with Crippen LogP contribution in [0.4, 0.5) is 4.39 Å². The van der Waals surface area contributed by atoms with E-state index in [0.29, 0.717) is 11.3 Å². The highest BCUT2D eigenvalue weighted by molar-refractivity contribution is 5.40. The largest absolute Gasteiger partial charge is 0.389 e. The van der Waals surface area contributed by atoms with E-state index < -0.39 is 6.10 Å².